The molecule has 0 spiro atoms. The predicted molar refractivity (Wildman–Crippen MR) is 72.1 cm³/mol. The van der Waals surface area contributed by atoms with Crippen molar-refractivity contribution in [2.24, 2.45) is 5.92 Å². The van der Waals surface area contributed by atoms with E-state index >= 15 is 0 Å². The first-order chi connectivity index (χ1) is 9.06. The Hall–Kier alpha value is -2.04. The van der Waals surface area contributed by atoms with Gasteiger partial charge in [-0.05, 0) is 37.8 Å². The molecule has 2 rings (SSSR count). The van der Waals surface area contributed by atoms with Gasteiger partial charge in [0.15, 0.2) is 0 Å². The number of benzene rings is 1. The van der Waals surface area contributed by atoms with Crippen LogP contribution in [-0.4, -0.2) is 23.1 Å². The van der Waals surface area contributed by atoms with Gasteiger partial charge in [-0.1, -0.05) is 18.2 Å². The van der Waals surface area contributed by atoms with Crippen molar-refractivity contribution in [2.75, 3.05) is 5.32 Å². The highest BCUT2D eigenvalue weighted by Gasteiger charge is 2.30. The van der Waals surface area contributed by atoms with Gasteiger partial charge in [0.25, 0.3) is 0 Å². The van der Waals surface area contributed by atoms with Crippen molar-refractivity contribution >= 4 is 17.7 Å². The second-order valence-corrected chi connectivity index (χ2v) is 4.96. The zero-order chi connectivity index (χ0) is 13.8. The predicted octanol–water partition coefficient (Wildman–Crippen LogP) is 2.37. The van der Waals surface area contributed by atoms with Crippen LogP contribution in [0.1, 0.15) is 24.8 Å². The number of aryl methyl sites for hydroxylation is 1. The van der Waals surface area contributed by atoms with Crippen molar-refractivity contribution in [3.8, 4) is 0 Å². The zero-order valence-electron chi connectivity index (χ0n) is 10.8. The molecule has 0 bridgehead atoms. The van der Waals surface area contributed by atoms with Crippen LogP contribution < -0.4 is 10.6 Å². The average Bonchev–Trinajstić information content (AvgIpc) is 2.80. The van der Waals surface area contributed by atoms with E-state index in [1.165, 1.54) is 0 Å². The normalized spacial score (nSPS) is 21.9. The molecule has 0 saturated heterocycles. The Balaban J connectivity index is 1.86. The molecule has 5 heteroatoms. The van der Waals surface area contributed by atoms with E-state index in [-0.39, 0.29) is 18.0 Å². The number of anilines is 1. The Bertz CT molecular complexity index is 487. The second-order valence-electron chi connectivity index (χ2n) is 4.96. The molecular weight excluding hydrogens is 244 g/mol. The summed E-state index contributed by atoms with van der Waals surface area (Å²) in [6, 6.07) is 7.20. The zero-order valence-corrected chi connectivity index (χ0v) is 10.8. The topological polar surface area (TPSA) is 78.4 Å². The van der Waals surface area contributed by atoms with Crippen molar-refractivity contribution in [2.45, 2.75) is 32.2 Å². The summed E-state index contributed by atoms with van der Waals surface area (Å²) in [5.41, 5.74) is 1.76. The number of nitrogens with one attached hydrogen (secondary N) is 2. The van der Waals surface area contributed by atoms with Gasteiger partial charge in [-0.15, -0.1) is 0 Å². The van der Waals surface area contributed by atoms with Crippen molar-refractivity contribution < 1.29 is 14.7 Å². The van der Waals surface area contributed by atoms with Crippen LogP contribution in [0.2, 0.25) is 0 Å². The molecule has 1 aromatic rings. The third kappa shape index (κ3) is 3.47. The molecule has 5 nitrogen and oxygen atoms in total. The minimum Gasteiger partial charge on any atom is -0.481 e. The number of aliphatic carboxylic acids is 1. The lowest BCUT2D eigenvalue weighted by molar-refractivity contribution is -0.141. The standard InChI is InChI=1S/C14H18N2O3/c1-9-4-2-3-5-12(9)16-14(19)15-11-7-6-10(8-11)13(17)18/h2-5,10-11H,6-8H2,1H3,(H,17,18)(H2,15,16,19). The van der Waals surface area contributed by atoms with Crippen molar-refractivity contribution in [1.29, 1.82) is 0 Å². The van der Waals surface area contributed by atoms with E-state index in [9.17, 15) is 9.59 Å². The second kappa shape index (κ2) is 5.73. The van der Waals surface area contributed by atoms with E-state index < -0.39 is 5.97 Å². The van der Waals surface area contributed by atoms with Gasteiger partial charge in [0, 0.05) is 11.7 Å². The number of amides is 2. The number of carboxylic acids is 1. The Morgan fingerprint density at radius 2 is 2.00 bits per heavy atom. The molecule has 0 heterocycles. The summed E-state index contributed by atoms with van der Waals surface area (Å²) < 4.78 is 0. The molecule has 0 aromatic heterocycles. The molecule has 102 valence electrons. The lowest BCUT2D eigenvalue weighted by atomic mass is 10.1. The number of hydrogen-bond acceptors (Lipinski definition) is 2. The van der Waals surface area contributed by atoms with E-state index in [0.717, 1.165) is 17.7 Å². The Morgan fingerprint density at radius 3 is 2.63 bits per heavy atom. The fourth-order valence-corrected chi connectivity index (χ4v) is 2.39. The van der Waals surface area contributed by atoms with E-state index in [0.29, 0.717) is 12.8 Å². The number of hydrogen-bond donors (Lipinski definition) is 3. The quantitative estimate of drug-likeness (QED) is 0.782. The maximum absolute atomic E-state index is 11.8. The van der Waals surface area contributed by atoms with Gasteiger partial charge in [-0.2, -0.15) is 0 Å². The lowest BCUT2D eigenvalue weighted by Gasteiger charge is -2.14. The maximum atomic E-state index is 11.8. The number of urea groups is 1. The summed E-state index contributed by atoms with van der Waals surface area (Å²) >= 11 is 0. The monoisotopic (exact) mass is 262 g/mol. The van der Waals surface area contributed by atoms with Crippen LogP contribution in [0.4, 0.5) is 10.5 Å². The van der Waals surface area contributed by atoms with Gasteiger partial charge in [0.2, 0.25) is 0 Å². The van der Waals surface area contributed by atoms with Crippen molar-refractivity contribution in [3.63, 3.8) is 0 Å². The molecule has 1 aliphatic carbocycles. The van der Waals surface area contributed by atoms with Crippen LogP contribution in [0.3, 0.4) is 0 Å². The first kappa shape index (κ1) is 13.4. The van der Waals surface area contributed by atoms with Gasteiger partial charge >= 0.3 is 12.0 Å². The first-order valence-electron chi connectivity index (χ1n) is 6.42. The first-order valence-corrected chi connectivity index (χ1v) is 6.42. The SMILES string of the molecule is Cc1ccccc1NC(=O)NC1CCC(C(=O)O)C1. The number of rotatable bonds is 3. The number of carbonyl (C=O) groups is 2. The molecule has 1 aromatic carbocycles. The minimum atomic E-state index is -0.774. The third-order valence-corrected chi connectivity index (χ3v) is 3.51. The molecule has 1 aliphatic rings. The molecule has 1 fully saturated rings. The summed E-state index contributed by atoms with van der Waals surface area (Å²) in [7, 11) is 0. The Labute approximate surface area is 112 Å². The van der Waals surface area contributed by atoms with Crippen LogP contribution in [0, 0.1) is 12.8 Å². The number of para-hydroxylation sites is 1. The molecule has 0 aliphatic heterocycles. The number of carboxylic acid groups (broad SMARTS) is 1. The summed E-state index contributed by atoms with van der Waals surface area (Å²) in [5.74, 6) is -1.10. The lowest BCUT2D eigenvalue weighted by Crippen LogP contribution is -2.36. The smallest absolute Gasteiger partial charge is 0.319 e. The summed E-state index contributed by atoms with van der Waals surface area (Å²) in [5, 5.41) is 14.5. The van der Waals surface area contributed by atoms with Gasteiger partial charge in [-0.25, -0.2) is 4.79 Å². The van der Waals surface area contributed by atoms with Crippen LogP contribution in [0.15, 0.2) is 24.3 Å². The van der Waals surface area contributed by atoms with Gasteiger partial charge in [-0.3, -0.25) is 4.79 Å². The largest absolute Gasteiger partial charge is 0.481 e. The Kier molecular flexibility index (Phi) is 4.04. The summed E-state index contributed by atoms with van der Waals surface area (Å²) in [6.07, 6.45) is 1.86. The van der Waals surface area contributed by atoms with E-state index in [2.05, 4.69) is 10.6 Å². The van der Waals surface area contributed by atoms with Gasteiger partial charge in [0.1, 0.15) is 0 Å². The highest BCUT2D eigenvalue weighted by atomic mass is 16.4. The highest BCUT2D eigenvalue weighted by molar-refractivity contribution is 5.90. The molecule has 0 radical (unpaired) electrons. The van der Waals surface area contributed by atoms with Crippen LogP contribution in [-0.2, 0) is 4.79 Å². The van der Waals surface area contributed by atoms with E-state index in [1.54, 1.807) is 0 Å². The van der Waals surface area contributed by atoms with Gasteiger partial charge in [0.05, 0.1) is 5.92 Å². The van der Waals surface area contributed by atoms with Crippen LogP contribution >= 0.6 is 0 Å². The van der Waals surface area contributed by atoms with Crippen LogP contribution in [0.25, 0.3) is 0 Å². The molecule has 19 heavy (non-hydrogen) atoms. The van der Waals surface area contributed by atoms with Crippen molar-refractivity contribution in [1.82, 2.24) is 5.32 Å². The molecule has 1 saturated carbocycles. The fourth-order valence-electron chi connectivity index (χ4n) is 2.39. The highest BCUT2D eigenvalue weighted by Crippen LogP contribution is 2.25. The van der Waals surface area contributed by atoms with E-state index in [1.807, 2.05) is 31.2 Å². The average molecular weight is 262 g/mol. The fraction of sp³-hybridized carbons (Fsp3) is 0.429. The summed E-state index contributed by atoms with van der Waals surface area (Å²) in [4.78, 5) is 22.7. The van der Waals surface area contributed by atoms with Gasteiger partial charge < -0.3 is 15.7 Å². The van der Waals surface area contributed by atoms with E-state index in [4.69, 9.17) is 5.11 Å². The third-order valence-electron chi connectivity index (χ3n) is 3.51. The minimum absolute atomic E-state index is 0.0508. The molecule has 3 N–H and O–H groups in total. The number of carbonyl (C=O) groups excluding carboxylic acids is 1. The van der Waals surface area contributed by atoms with Crippen LogP contribution in [0.5, 0.6) is 0 Å². The maximum Gasteiger partial charge on any atom is 0.319 e. The molecule has 2 unspecified atom stereocenters. The summed E-state index contributed by atoms with van der Waals surface area (Å²) in [6.45, 7) is 1.92. The molecular formula is C14H18N2O3. The van der Waals surface area contributed by atoms with Crippen molar-refractivity contribution in [3.05, 3.63) is 29.8 Å². The molecule has 2 amide bonds. The molecule has 2 atom stereocenters. The Morgan fingerprint density at radius 1 is 1.26 bits per heavy atom.